The van der Waals surface area contributed by atoms with E-state index in [2.05, 4.69) is 34.5 Å². The summed E-state index contributed by atoms with van der Waals surface area (Å²) < 4.78 is 0. The number of phenols is 1. The number of hydrogen-bond acceptors (Lipinski definition) is 3. The Hall–Kier alpha value is -3.86. The third kappa shape index (κ3) is 3.28. The van der Waals surface area contributed by atoms with Crippen LogP contribution in [-0.2, 0) is 6.54 Å². The Kier molecular flexibility index (Phi) is 4.59. The third-order valence-electron chi connectivity index (χ3n) is 5.86. The molecule has 31 heavy (non-hydrogen) atoms. The minimum absolute atomic E-state index is 0.0882. The number of carbonyl (C=O) groups excluding carboxylic acids is 1. The maximum absolute atomic E-state index is 13.4. The van der Waals surface area contributed by atoms with Crippen LogP contribution in [0.15, 0.2) is 72.8 Å². The first-order valence-corrected chi connectivity index (χ1v) is 10.3. The molecule has 1 aromatic heterocycles. The Bertz CT molecular complexity index is 1260. The van der Waals surface area contributed by atoms with Gasteiger partial charge in [-0.1, -0.05) is 66.2 Å². The first kappa shape index (κ1) is 19.1. The van der Waals surface area contributed by atoms with Crippen LogP contribution in [0.3, 0.4) is 0 Å². The van der Waals surface area contributed by atoms with Gasteiger partial charge in [-0.05, 0) is 42.7 Å². The zero-order valence-corrected chi connectivity index (χ0v) is 17.5. The molecule has 0 aliphatic carbocycles. The Morgan fingerprint density at radius 2 is 1.68 bits per heavy atom. The van der Waals surface area contributed by atoms with Gasteiger partial charge in [-0.3, -0.25) is 9.89 Å². The summed E-state index contributed by atoms with van der Waals surface area (Å²) in [5.74, 6) is 0.0701. The van der Waals surface area contributed by atoms with Crippen LogP contribution in [0.5, 0.6) is 5.75 Å². The second-order valence-electron chi connectivity index (χ2n) is 8.11. The predicted octanol–water partition coefficient (Wildman–Crippen LogP) is 5.14. The van der Waals surface area contributed by atoms with Crippen LogP contribution in [0, 0.1) is 13.8 Å². The largest absolute Gasteiger partial charge is 0.507 e. The fraction of sp³-hybridized carbons (Fsp3) is 0.154. The predicted molar refractivity (Wildman–Crippen MR) is 120 cm³/mol. The van der Waals surface area contributed by atoms with E-state index in [9.17, 15) is 9.90 Å². The van der Waals surface area contributed by atoms with Gasteiger partial charge in [-0.2, -0.15) is 5.10 Å². The number of aromatic nitrogens is 2. The van der Waals surface area contributed by atoms with Crippen molar-refractivity contribution in [3.63, 3.8) is 0 Å². The molecule has 0 saturated heterocycles. The van der Waals surface area contributed by atoms with Crippen molar-refractivity contribution in [3.8, 4) is 17.0 Å². The number of hydrogen-bond donors (Lipinski definition) is 2. The number of H-pyrrole nitrogens is 1. The van der Waals surface area contributed by atoms with Crippen molar-refractivity contribution in [2.45, 2.75) is 26.4 Å². The number of rotatable bonds is 4. The van der Waals surface area contributed by atoms with Crippen LogP contribution < -0.4 is 0 Å². The molecule has 1 atom stereocenters. The number of carbonyl (C=O) groups is 1. The summed E-state index contributed by atoms with van der Waals surface area (Å²) >= 11 is 0. The van der Waals surface area contributed by atoms with Crippen LogP contribution in [-0.4, -0.2) is 26.1 Å². The number of aromatic amines is 1. The normalized spacial score (nSPS) is 15.4. The van der Waals surface area contributed by atoms with Crippen molar-refractivity contribution in [3.05, 3.63) is 106 Å². The lowest BCUT2D eigenvalue weighted by molar-refractivity contribution is 0.0730. The SMILES string of the molecule is Cc1ccc([C@H]2c3c(-c4ccc(C)cc4O)n[nH]c3C(=O)N2Cc2ccccc2)cc1. The highest BCUT2D eigenvalue weighted by Crippen LogP contribution is 2.45. The fourth-order valence-electron chi connectivity index (χ4n) is 4.28. The molecule has 0 saturated carbocycles. The maximum atomic E-state index is 13.4. The molecule has 5 rings (SSSR count). The topological polar surface area (TPSA) is 69.2 Å². The second-order valence-corrected chi connectivity index (χ2v) is 8.11. The van der Waals surface area contributed by atoms with Gasteiger partial charge in [0.05, 0.1) is 6.04 Å². The van der Waals surface area contributed by atoms with E-state index in [-0.39, 0.29) is 17.7 Å². The summed E-state index contributed by atoms with van der Waals surface area (Å²) in [4.78, 5) is 15.3. The van der Waals surface area contributed by atoms with Crippen molar-refractivity contribution in [2.24, 2.45) is 0 Å². The Labute approximate surface area is 181 Å². The molecule has 2 heterocycles. The van der Waals surface area contributed by atoms with E-state index < -0.39 is 0 Å². The number of nitrogens with one attached hydrogen (secondary N) is 1. The van der Waals surface area contributed by atoms with Crippen LogP contribution in [0.4, 0.5) is 0 Å². The molecule has 0 spiro atoms. The monoisotopic (exact) mass is 409 g/mol. The van der Waals surface area contributed by atoms with Gasteiger partial charge in [0, 0.05) is 17.7 Å². The highest BCUT2D eigenvalue weighted by atomic mass is 16.3. The summed E-state index contributed by atoms with van der Waals surface area (Å²) in [6.45, 7) is 4.46. The van der Waals surface area contributed by atoms with E-state index >= 15 is 0 Å². The number of aryl methyl sites for hydroxylation is 2. The van der Waals surface area contributed by atoms with E-state index in [0.717, 1.165) is 27.8 Å². The molecule has 5 heteroatoms. The average Bonchev–Trinajstić information content (AvgIpc) is 3.29. The summed E-state index contributed by atoms with van der Waals surface area (Å²) in [7, 11) is 0. The van der Waals surface area contributed by atoms with Gasteiger partial charge in [0.25, 0.3) is 5.91 Å². The van der Waals surface area contributed by atoms with E-state index in [1.807, 2.05) is 61.2 Å². The summed E-state index contributed by atoms with van der Waals surface area (Å²) in [6.07, 6.45) is 0. The van der Waals surface area contributed by atoms with Gasteiger partial charge in [0.15, 0.2) is 0 Å². The van der Waals surface area contributed by atoms with Crippen molar-refractivity contribution in [1.82, 2.24) is 15.1 Å². The van der Waals surface area contributed by atoms with Crippen molar-refractivity contribution < 1.29 is 9.90 Å². The first-order chi connectivity index (χ1) is 15.0. The molecule has 0 unspecified atom stereocenters. The van der Waals surface area contributed by atoms with Crippen molar-refractivity contribution in [1.29, 1.82) is 0 Å². The zero-order chi connectivity index (χ0) is 21.5. The van der Waals surface area contributed by atoms with E-state index in [0.29, 0.717) is 23.5 Å². The Balaban J connectivity index is 1.67. The van der Waals surface area contributed by atoms with Crippen LogP contribution in [0.2, 0.25) is 0 Å². The molecule has 1 aliphatic heterocycles. The van der Waals surface area contributed by atoms with Gasteiger partial charge < -0.3 is 10.0 Å². The first-order valence-electron chi connectivity index (χ1n) is 10.3. The van der Waals surface area contributed by atoms with Crippen LogP contribution >= 0.6 is 0 Å². The minimum Gasteiger partial charge on any atom is -0.507 e. The number of fused-ring (bicyclic) bond motifs is 1. The van der Waals surface area contributed by atoms with Gasteiger partial charge in [0.1, 0.15) is 17.1 Å². The van der Waals surface area contributed by atoms with Gasteiger partial charge in [0.2, 0.25) is 0 Å². The number of amides is 1. The number of nitrogens with zero attached hydrogens (tertiary/aromatic N) is 2. The molecule has 0 fully saturated rings. The summed E-state index contributed by atoms with van der Waals surface area (Å²) in [5.41, 5.74) is 6.72. The zero-order valence-electron chi connectivity index (χ0n) is 17.5. The second kappa shape index (κ2) is 7.43. The summed E-state index contributed by atoms with van der Waals surface area (Å²) in [5, 5.41) is 18.0. The van der Waals surface area contributed by atoms with Gasteiger partial charge >= 0.3 is 0 Å². The Morgan fingerprint density at radius 3 is 2.39 bits per heavy atom. The molecule has 4 aromatic rings. The van der Waals surface area contributed by atoms with Crippen LogP contribution in [0.1, 0.15) is 44.3 Å². The molecule has 5 nitrogen and oxygen atoms in total. The van der Waals surface area contributed by atoms with E-state index in [1.165, 1.54) is 0 Å². The number of phenolic OH excluding ortho intramolecular Hbond substituents is 1. The molecular weight excluding hydrogens is 386 g/mol. The molecule has 0 bridgehead atoms. The highest BCUT2D eigenvalue weighted by Gasteiger charge is 2.42. The van der Waals surface area contributed by atoms with Gasteiger partial charge in [-0.15, -0.1) is 0 Å². The lowest BCUT2D eigenvalue weighted by atomic mass is 9.94. The summed E-state index contributed by atoms with van der Waals surface area (Å²) in [6, 6.07) is 23.4. The molecule has 1 amide bonds. The van der Waals surface area contributed by atoms with E-state index in [1.54, 1.807) is 6.07 Å². The Morgan fingerprint density at radius 1 is 0.968 bits per heavy atom. The van der Waals surface area contributed by atoms with Gasteiger partial charge in [-0.25, -0.2) is 0 Å². The fourth-order valence-corrected chi connectivity index (χ4v) is 4.28. The number of benzene rings is 3. The molecule has 2 N–H and O–H groups in total. The van der Waals surface area contributed by atoms with Crippen molar-refractivity contribution >= 4 is 5.91 Å². The molecule has 154 valence electrons. The van der Waals surface area contributed by atoms with Crippen LogP contribution in [0.25, 0.3) is 11.3 Å². The lowest BCUT2D eigenvalue weighted by Crippen LogP contribution is -2.29. The van der Waals surface area contributed by atoms with E-state index in [4.69, 9.17) is 0 Å². The quantitative estimate of drug-likeness (QED) is 0.490. The third-order valence-corrected chi connectivity index (χ3v) is 5.86. The molecule has 1 aliphatic rings. The number of aromatic hydroxyl groups is 1. The standard InChI is InChI=1S/C26H23N3O2/c1-16-8-11-19(12-9-16)25-22-23(20-13-10-17(2)14-21(20)30)27-28-24(22)26(31)29(25)15-18-6-4-3-5-7-18/h3-14,25,30H,15H2,1-2H3,(H,27,28)/t25-/m0/s1. The lowest BCUT2D eigenvalue weighted by Gasteiger charge is -2.26. The average molecular weight is 409 g/mol. The smallest absolute Gasteiger partial charge is 0.273 e. The molecule has 3 aromatic carbocycles. The highest BCUT2D eigenvalue weighted by molar-refractivity contribution is 6.00. The molecule has 0 radical (unpaired) electrons. The maximum Gasteiger partial charge on any atom is 0.273 e. The van der Waals surface area contributed by atoms with Crippen molar-refractivity contribution in [2.75, 3.05) is 0 Å². The molecular formula is C26H23N3O2. The minimum atomic E-state index is -0.294.